The molecule has 0 aromatic heterocycles. The molecule has 1 aromatic rings. The Morgan fingerprint density at radius 1 is 1.21 bits per heavy atom. The van der Waals surface area contributed by atoms with E-state index in [1.165, 1.54) is 24.1 Å². The maximum absolute atomic E-state index is 13.9. The van der Waals surface area contributed by atoms with Crippen LogP contribution in [-0.2, 0) is 20.9 Å². The molecule has 0 saturated heterocycles. The van der Waals surface area contributed by atoms with Gasteiger partial charge in [0.05, 0.1) is 13.5 Å². The highest BCUT2D eigenvalue weighted by Gasteiger charge is 2.27. The van der Waals surface area contributed by atoms with Gasteiger partial charge in [-0.1, -0.05) is 31.4 Å². The third-order valence-electron chi connectivity index (χ3n) is 4.47. The Labute approximate surface area is 140 Å². The molecule has 0 aliphatic heterocycles. The molecule has 0 atom stereocenters. The summed E-state index contributed by atoms with van der Waals surface area (Å²) in [6.07, 6.45) is 4.75. The van der Waals surface area contributed by atoms with Crippen molar-refractivity contribution in [3.8, 4) is 0 Å². The van der Waals surface area contributed by atoms with E-state index in [1.807, 2.05) is 0 Å². The second-order valence-corrected chi connectivity index (χ2v) is 6.13. The molecule has 1 fully saturated rings. The van der Waals surface area contributed by atoms with Crippen molar-refractivity contribution >= 4 is 11.9 Å². The highest BCUT2D eigenvalue weighted by Crippen LogP contribution is 2.26. The minimum absolute atomic E-state index is 0.0336. The minimum Gasteiger partial charge on any atom is -0.469 e. The number of methoxy groups -OCH3 is 1. The number of carbonyl (C=O) groups excluding carboxylic acids is 2. The van der Waals surface area contributed by atoms with Crippen molar-refractivity contribution in [1.29, 1.82) is 0 Å². The normalized spacial score (nSPS) is 15.1. The van der Waals surface area contributed by atoms with Crippen molar-refractivity contribution < 1.29 is 23.1 Å². The van der Waals surface area contributed by atoms with Crippen molar-refractivity contribution in [1.82, 2.24) is 4.90 Å². The summed E-state index contributed by atoms with van der Waals surface area (Å²) in [6, 6.07) is 3.91. The summed E-state index contributed by atoms with van der Waals surface area (Å²) in [7, 11) is 1.28. The first-order chi connectivity index (χ1) is 11.5. The maximum Gasteiger partial charge on any atom is 0.307 e. The molecule has 0 heterocycles. The second kappa shape index (κ2) is 8.76. The monoisotopic (exact) mass is 339 g/mol. The van der Waals surface area contributed by atoms with Crippen molar-refractivity contribution in [2.75, 3.05) is 13.7 Å². The summed E-state index contributed by atoms with van der Waals surface area (Å²) in [5, 5.41) is 0. The number of ether oxygens (including phenoxy) is 1. The molecule has 1 amide bonds. The van der Waals surface area contributed by atoms with Crippen molar-refractivity contribution in [3.05, 3.63) is 35.4 Å². The first-order valence-electron chi connectivity index (χ1n) is 8.31. The number of esters is 1. The molecule has 0 radical (unpaired) electrons. The van der Waals surface area contributed by atoms with Gasteiger partial charge >= 0.3 is 5.97 Å². The third-order valence-corrected chi connectivity index (χ3v) is 4.47. The SMILES string of the molecule is COC(=O)CCN(Cc1cccc(F)c1F)C(=O)C1CCCCC1. The van der Waals surface area contributed by atoms with Crippen LogP contribution < -0.4 is 0 Å². The second-order valence-electron chi connectivity index (χ2n) is 6.13. The minimum atomic E-state index is -0.947. The molecule has 1 aromatic carbocycles. The maximum atomic E-state index is 13.9. The predicted octanol–water partition coefficient (Wildman–Crippen LogP) is 3.44. The van der Waals surface area contributed by atoms with Gasteiger partial charge in [0.25, 0.3) is 0 Å². The fraction of sp³-hybridized carbons (Fsp3) is 0.556. The van der Waals surface area contributed by atoms with E-state index in [0.717, 1.165) is 38.2 Å². The molecule has 0 spiro atoms. The predicted molar refractivity (Wildman–Crippen MR) is 85.0 cm³/mol. The van der Waals surface area contributed by atoms with Gasteiger partial charge < -0.3 is 9.64 Å². The van der Waals surface area contributed by atoms with Gasteiger partial charge in [-0.05, 0) is 18.9 Å². The molecule has 24 heavy (non-hydrogen) atoms. The number of halogens is 2. The molecule has 0 N–H and O–H groups in total. The molecule has 1 saturated carbocycles. The smallest absolute Gasteiger partial charge is 0.307 e. The first kappa shape index (κ1) is 18.4. The topological polar surface area (TPSA) is 46.6 Å². The molecular weight excluding hydrogens is 316 g/mol. The van der Waals surface area contributed by atoms with E-state index in [1.54, 1.807) is 0 Å². The van der Waals surface area contributed by atoms with Gasteiger partial charge in [0.15, 0.2) is 11.6 Å². The number of hydrogen-bond acceptors (Lipinski definition) is 3. The van der Waals surface area contributed by atoms with E-state index in [-0.39, 0.29) is 36.9 Å². The van der Waals surface area contributed by atoms with Crippen LogP contribution in [0.1, 0.15) is 44.1 Å². The van der Waals surface area contributed by atoms with Gasteiger partial charge in [-0.2, -0.15) is 0 Å². The van der Waals surface area contributed by atoms with Gasteiger partial charge in [0, 0.05) is 24.6 Å². The Bertz CT molecular complexity index is 586. The van der Waals surface area contributed by atoms with Gasteiger partial charge in [0.2, 0.25) is 5.91 Å². The van der Waals surface area contributed by atoms with Crippen LogP contribution in [0.25, 0.3) is 0 Å². The van der Waals surface area contributed by atoms with Crippen LogP contribution in [-0.4, -0.2) is 30.4 Å². The lowest BCUT2D eigenvalue weighted by Gasteiger charge is -2.29. The highest BCUT2D eigenvalue weighted by molar-refractivity contribution is 5.79. The van der Waals surface area contributed by atoms with Crippen LogP contribution in [0, 0.1) is 17.6 Å². The molecular formula is C18H23F2NO3. The van der Waals surface area contributed by atoms with E-state index in [0.29, 0.717) is 0 Å². The lowest BCUT2D eigenvalue weighted by atomic mass is 9.88. The van der Waals surface area contributed by atoms with Gasteiger partial charge in [-0.25, -0.2) is 8.78 Å². The molecule has 1 aliphatic carbocycles. The van der Waals surface area contributed by atoms with Crippen LogP contribution in [0.2, 0.25) is 0 Å². The number of carbonyl (C=O) groups is 2. The lowest BCUT2D eigenvalue weighted by Crippen LogP contribution is -2.38. The van der Waals surface area contributed by atoms with Crippen molar-refractivity contribution in [3.63, 3.8) is 0 Å². The Hall–Kier alpha value is -1.98. The Morgan fingerprint density at radius 3 is 2.58 bits per heavy atom. The summed E-state index contributed by atoms with van der Waals surface area (Å²) >= 11 is 0. The van der Waals surface area contributed by atoms with E-state index >= 15 is 0 Å². The van der Waals surface area contributed by atoms with E-state index in [9.17, 15) is 18.4 Å². The van der Waals surface area contributed by atoms with E-state index < -0.39 is 17.6 Å². The number of hydrogen-bond donors (Lipinski definition) is 0. The summed E-state index contributed by atoms with van der Waals surface area (Å²) in [4.78, 5) is 25.6. The van der Waals surface area contributed by atoms with Crippen LogP contribution in [0.4, 0.5) is 8.78 Å². The fourth-order valence-corrected chi connectivity index (χ4v) is 3.08. The van der Waals surface area contributed by atoms with Crippen molar-refractivity contribution in [2.45, 2.75) is 45.1 Å². The quantitative estimate of drug-likeness (QED) is 0.746. The average molecular weight is 339 g/mol. The molecule has 0 unspecified atom stereocenters. The summed E-state index contributed by atoms with van der Waals surface area (Å²) < 4.78 is 31.9. The molecule has 4 nitrogen and oxygen atoms in total. The zero-order chi connectivity index (χ0) is 17.5. The average Bonchev–Trinajstić information content (AvgIpc) is 2.61. The fourth-order valence-electron chi connectivity index (χ4n) is 3.08. The number of amides is 1. The van der Waals surface area contributed by atoms with Crippen LogP contribution in [0.3, 0.4) is 0 Å². The first-order valence-corrected chi connectivity index (χ1v) is 8.31. The lowest BCUT2D eigenvalue weighted by molar-refractivity contribution is -0.143. The van der Waals surface area contributed by atoms with Crippen molar-refractivity contribution in [2.24, 2.45) is 5.92 Å². The highest BCUT2D eigenvalue weighted by atomic mass is 19.2. The van der Waals surface area contributed by atoms with Crippen LogP contribution >= 0.6 is 0 Å². The summed E-state index contributed by atoms with van der Waals surface area (Å²) in [5.74, 6) is -2.52. The summed E-state index contributed by atoms with van der Waals surface area (Å²) in [5.41, 5.74) is 0.115. The van der Waals surface area contributed by atoms with Gasteiger partial charge in [-0.15, -0.1) is 0 Å². The van der Waals surface area contributed by atoms with Crippen LogP contribution in [0.15, 0.2) is 18.2 Å². The zero-order valence-electron chi connectivity index (χ0n) is 13.9. The molecule has 2 rings (SSSR count). The van der Waals surface area contributed by atoms with Gasteiger partial charge in [0.1, 0.15) is 0 Å². The molecule has 0 bridgehead atoms. The molecule has 132 valence electrons. The number of rotatable bonds is 6. The molecule has 1 aliphatic rings. The standard InChI is InChI=1S/C18H23F2NO3/c1-24-16(22)10-11-21(18(23)13-6-3-2-4-7-13)12-14-8-5-9-15(19)17(14)20/h5,8-9,13H,2-4,6-7,10-12H2,1H3. The Kier molecular flexibility index (Phi) is 6.70. The van der Waals surface area contributed by atoms with E-state index in [2.05, 4.69) is 4.74 Å². The third kappa shape index (κ3) is 4.76. The number of nitrogens with zero attached hydrogens (tertiary/aromatic N) is 1. The zero-order valence-corrected chi connectivity index (χ0v) is 13.9. The Balaban J connectivity index is 2.13. The number of benzene rings is 1. The molecule has 6 heteroatoms. The Morgan fingerprint density at radius 2 is 1.92 bits per heavy atom. The van der Waals surface area contributed by atoms with Crippen LogP contribution in [0.5, 0.6) is 0 Å². The summed E-state index contributed by atoms with van der Waals surface area (Å²) in [6.45, 7) is 0.0912. The van der Waals surface area contributed by atoms with Gasteiger partial charge in [-0.3, -0.25) is 9.59 Å². The van der Waals surface area contributed by atoms with E-state index in [4.69, 9.17) is 0 Å². The largest absolute Gasteiger partial charge is 0.469 e.